The highest BCUT2D eigenvalue weighted by Crippen LogP contribution is 2.39. The van der Waals surface area contributed by atoms with Crippen molar-refractivity contribution in [3.05, 3.63) is 33.8 Å². The molecule has 1 saturated carbocycles. The summed E-state index contributed by atoms with van der Waals surface area (Å²) in [5.41, 5.74) is 1.08. The number of halogens is 2. The van der Waals surface area contributed by atoms with E-state index in [0.717, 1.165) is 40.9 Å². The van der Waals surface area contributed by atoms with Crippen molar-refractivity contribution in [3.63, 3.8) is 0 Å². The monoisotopic (exact) mass is 285 g/mol. The van der Waals surface area contributed by atoms with Gasteiger partial charge in [0.05, 0.1) is 0 Å². The average Bonchev–Trinajstić information content (AvgIpc) is 2.29. The summed E-state index contributed by atoms with van der Waals surface area (Å²) in [6.07, 6.45) is 6.37. The van der Waals surface area contributed by atoms with Crippen LogP contribution in [0.5, 0.6) is 0 Å². The molecule has 1 aliphatic carbocycles. The molecule has 100 valence electrons. The molecule has 0 radical (unpaired) electrons. The highest BCUT2D eigenvalue weighted by atomic mass is 35.5. The minimum Gasteiger partial charge on any atom is -0.310 e. The summed E-state index contributed by atoms with van der Waals surface area (Å²) in [4.78, 5) is 0. The SMILES string of the molecule is CCCNC(CC1CCC1)c1c(Cl)cccc1Cl. The molecule has 3 heteroatoms. The molecule has 0 aromatic heterocycles. The van der Waals surface area contributed by atoms with Crippen LogP contribution in [-0.4, -0.2) is 6.54 Å². The molecule has 0 saturated heterocycles. The Morgan fingerprint density at radius 3 is 2.44 bits per heavy atom. The second-order valence-electron chi connectivity index (χ2n) is 5.17. The van der Waals surface area contributed by atoms with E-state index in [1.165, 1.54) is 19.3 Å². The van der Waals surface area contributed by atoms with Crippen molar-refractivity contribution in [2.75, 3.05) is 6.54 Å². The van der Waals surface area contributed by atoms with Gasteiger partial charge in [0.1, 0.15) is 0 Å². The largest absolute Gasteiger partial charge is 0.310 e. The van der Waals surface area contributed by atoms with Crippen molar-refractivity contribution >= 4 is 23.2 Å². The molecule has 18 heavy (non-hydrogen) atoms. The maximum absolute atomic E-state index is 6.32. The molecular formula is C15H21Cl2N. The van der Waals surface area contributed by atoms with Crippen molar-refractivity contribution in [3.8, 4) is 0 Å². The molecule has 1 aromatic carbocycles. The topological polar surface area (TPSA) is 12.0 Å². The van der Waals surface area contributed by atoms with E-state index < -0.39 is 0 Å². The van der Waals surface area contributed by atoms with Crippen LogP contribution in [0.15, 0.2) is 18.2 Å². The first-order valence-electron chi connectivity index (χ1n) is 6.89. The minimum atomic E-state index is 0.302. The molecule has 1 nitrogen and oxygen atoms in total. The predicted octanol–water partition coefficient (Wildman–Crippen LogP) is 5.22. The zero-order chi connectivity index (χ0) is 13.0. The molecule has 0 heterocycles. The van der Waals surface area contributed by atoms with Crippen LogP contribution >= 0.6 is 23.2 Å². The summed E-state index contributed by atoms with van der Waals surface area (Å²) in [6.45, 7) is 3.19. The van der Waals surface area contributed by atoms with Crippen molar-refractivity contribution in [2.24, 2.45) is 5.92 Å². The van der Waals surface area contributed by atoms with Crippen LogP contribution < -0.4 is 5.32 Å². The Morgan fingerprint density at radius 2 is 1.94 bits per heavy atom. The molecule has 1 fully saturated rings. The Morgan fingerprint density at radius 1 is 1.28 bits per heavy atom. The summed E-state index contributed by atoms with van der Waals surface area (Å²) in [6, 6.07) is 6.08. The lowest BCUT2D eigenvalue weighted by Crippen LogP contribution is -2.27. The van der Waals surface area contributed by atoms with Crippen LogP contribution in [0.3, 0.4) is 0 Å². The maximum atomic E-state index is 6.32. The Labute approximate surface area is 120 Å². The molecule has 1 aliphatic rings. The van der Waals surface area contributed by atoms with Gasteiger partial charge in [0, 0.05) is 21.7 Å². The number of hydrogen-bond acceptors (Lipinski definition) is 1. The van der Waals surface area contributed by atoms with Gasteiger partial charge in [-0.05, 0) is 37.4 Å². The third-order valence-corrected chi connectivity index (χ3v) is 4.44. The first-order valence-corrected chi connectivity index (χ1v) is 7.65. The number of nitrogens with one attached hydrogen (secondary N) is 1. The zero-order valence-corrected chi connectivity index (χ0v) is 12.4. The van der Waals surface area contributed by atoms with Crippen LogP contribution in [0, 0.1) is 5.92 Å². The lowest BCUT2D eigenvalue weighted by molar-refractivity contribution is 0.261. The quantitative estimate of drug-likeness (QED) is 0.755. The van der Waals surface area contributed by atoms with E-state index in [1.807, 2.05) is 18.2 Å². The molecule has 1 aromatic rings. The summed E-state index contributed by atoms with van der Waals surface area (Å²) in [5.74, 6) is 0.840. The van der Waals surface area contributed by atoms with Crippen molar-refractivity contribution in [2.45, 2.75) is 45.1 Å². The van der Waals surface area contributed by atoms with E-state index in [-0.39, 0.29) is 0 Å². The van der Waals surface area contributed by atoms with Gasteiger partial charge >= 0.3 is 0 Å². The molecule has 0 spiro atoms. The summed E-state index contributed by atoms with van der Waals surface area (Å²) >= 11 is 12.6. The predicted molar refractivity (Wildman–Crippen MR) is 79.5 cm³/mol. The molecule has 0 aliphatic heterocycles. The fourth-order valence-electron chi connectivity index (χ4n) is 2.53. The van der Waals surface area contributed by atoms with Crippen molar-refractivity contribution in [1.29, 1.82) is 0 Å². The van der Waals surface area contributed by atoms with Gasteiger partial charge in [0.15, 0.2) is 0 Å². The van der Waals surface area contributed by atoms with Gasteiger partial charge in [0.2, 0.25) is 0 Å². The summed E-state index contributed by atoms with van der Waals surface area (Å²) in [5, 5.41) is 5.17. The van der Waals surface area contributed by atoms with E-state index in [1.54, 1.807) is 0 Å². The highest BCUT2D eigenvalue weighted by molar-refractivity contribution is 6.36. The van der Waals surface area contributed by atoms with Gasteiger partial charge in [-0.3, -0.25) is 0 Å². The normalized spacial score (nSPS) is 17.5. The molecule has 0 amide bonds. The standard InChI is InChI=1S/C15H21Cl2N/c1-2-9-18-14(10-11-5-3-6-11)15-12(16)7-4-8-13(15)17/h4,7-8,11,14,18H,2-3,5-6,9-10H2,1H3. The molecule has 1 unspecified atom stereocenters. The lowest BCUT2D eigenvalue weighted by atomic mass is 9.79. The minimum absolute atomic E-state index is 0.302. The first-order chi connectivity index (χ1) is 8.72. The second kappa shape index (κ2) is 6.79. The average molecular weight is 286 g/mol. The van der Waals surface area contributed by atoms with Crippen LogP contribution in [0.2, 0.25) is 10.0 Å². The van der Waals surface area contributed by atoms with E-state index in [4.69, 9.17) is 23.2 Å². The van der Waals surface area contributed by atoms with Crippen LogP contribution in [0.4, 0.5) is 0 Å². The Bertz CT molecular complexity index is 368. The van der Waals surface area contributed by atoms with Crippen LogP contribution in [0.1, 0.15) is 50.6 Å². The fraction of sp³-hybridized carbons (Fsp3) is 0.600. The smallest absolute Gasteiger partial charge is 0.0468 e. The van der Waals surface area contributed by atoms with Crippen LogP contribution in [-0.2, 0) is 0 Å². The van der Waals surface area contributed by atoms with Gasteiger partial charge in [-0.2, -0.15) is 0 Å². The number of rotatable bonds is 6. The Kier molecular flexibility index (Phi) is 5.35. The van der Waals surface area contributed by atoms with Crippen LogP contribution in [0.25, 0.3) is 0 Å². The third kappa shape index (κ3) is 3.40. The van der Waals surface area contributed by atoms with E-state index in [0.29, 0.717) is 6.04 Å². The molecule has 2 rings (SSSR count). The second-order valence-corrected chi connectivity index (χ2v) is 5.99. The van der Waals surface area contributed by atoms with Crippen molar-refractivity contribution < 1.29 is 0 Å². The molecule has 1 N–H and O–H groups in total. The van der Waals surface area contributed by atoms with Gasteiger partial charge < -0.3 is 5.32 Å². The van der Waals surface area contributed by atoms with Gasteiger partial charge in [-0.1, -0.05) is 55.5 Å². The van der Waals surface area contributed by atoms with Gasteiger partial charge in [-0.15, -0.1) is 0 Å². The van der Waals surface area contributed by atoms with E-state index in [9.17, 15) is 0 Å². The summed E-state index contributed by atoms with van der Waals surface area (Å²) in [7, 11) is 0. The fourth-order valence-corrected chi connectivity index (χ4v) is 3.19. The maximum Gasteiger partial charge on any atom is 0.0468 e. The first kappa shape index (κ1) is 14.2. The summed E-state index contributed by atoms with van der Waals surface area (Å²) < 4.78 is 0. The number of hydrogen-bond donors (Lipinski definition) is 1. The Balaban J connectivity index is 2.14. The Hall–Kier alpha value is -0.240. The van der Waals surface area contributed by atoms with E-state index in [2.05, 4.69) is 12.2 Å². The van der Waals surface area contributed by atoms with Crippen molar-refractivity contribution in [1.82, 2.24) is 5.32 Å². The van der Waals surface area contributed by atoms with Gasteiger partial charge in [0.25, 0.3) is 0 Å². The highest BCUT2D eigenvalue weighted by Gasteiger charge is 2.25. The third-order valence-electron chi connectivity index (χ3n) is 3.78. The molecular weight excluding hydrogens is 265 g/mol. The molecule has 0 bridgehead atoms. The number of benzene rings is 1. The lowest BCUT2D eigenvalue weighted by Gasteiger charge is -2.31. The zero-order valence-electron chi connectivity index (χ0n) is 10.9. The molecule has 1 atom stereocenters. The van der Waals surface area contributed by atoms with Gasteiger partial charge in [-0.25, -0.2) is 0 Å². The van der Waals surface area contributed by atoms with E-state index >= 15 is 0 Å².